The Kier molecular flexibility index (Phi) is 3.38. The summed E-state index contributed by atoms with van der Waals surface area (Å²) in [6.07, 6.45) is 2.31. The molecular weight excluding hydrogens is 204 g/mol. The van der Waals surface area contributed by atoms with Crippen LogP contribution in [0.5, 0.6) is 5.75 Å². The number of benzene rings is 1. The third-order valence-electron chi connectivity index (χ3n) is 1.99. The Labute approximate surface area is 93.5 Å². The lowest BCUT2D eigenvalue weighted by Gasteiger charge is -2.04. The Morgan fingerprint density at radius 2 is 1.75 bits per heavy atom. The monoisotopic (exact) mass is 216 g/mol. The molecule has 2 rings (SSSR count). The standard InChI is InChI=1S/C11H12N4O/c1-2-7-16-10-5-3-9(4-6-10)11-14-12-8-13-15-11/h3-6,8H,2,7H2,1H3. The maximum Gasteiger partial charge on any atom is 0.203 e. The zero-order valence-electron chi connectivity index (χ0n) is 9.00. The summed E-state index contributed by atoms with van der Waals surface area (Å²) >= 11 is 0. The molecule has 0 aliphatic rings. The Balaban J connectivity index is 2.13. The van der Waals surface area contributed by atoms with Crippen LogP contribution < -0.4 is 4.74 Å². The first kappa shape index (κ1) is 10.5. The van der Waals surface area contributed by atoms with Gasteiger partial charge in [0.1, 0.15) is 5.75 Å². The van der Waals surface area contributed by atoms with Gasteiger partial charge in [-0.05, 0) is 30.7 Å². The van der Waals surface area contributed by atoms with E-state index in [1.54, 1.807) is 0 Å². The number of ether oxygens (including phenoxy) is 1. The van der Waals surface area contributed by atoms with Crippen molar-refractivity contribution in [3.8, 4) is 17.1 Å². The normalized spacial score (nSPS) is 10.1. The Morgan fingerprint density at radius 3 is 2.38 bits per heavy atom. The lowest BCUT2D eigenvalue weighted by molar-refractivity contribution is 0.317. The van der Waals surface area contributed by atoms with Crippen molar-refractivity contribution in [3.05, 3.63) is 30.6 Å². The predicted molar refractivity (Wildman–Crippen MR) is 58.8 cm³/mol. The second-order valence-corrected chi connectivity index (χ2v) is 3.24. The van der Waals surface area contributed by atoms with E-state index in [0.717, 1.165) is 24.3 Å². The van der Waals surface area contributed by atoms with Crippen molar-refractivity contribution >= 4 is 0 Å². The lowest BCUT2D eigenvalue weighted by atomic mass is 10.2. The molecule has 0 aliphatic heterocycles. The Morgan fingerprint density at radius 1 is 1.06 bits per heavy atom. The molecule has 1 heterocycles. The number of aromatic nitrogens is 4. The second-order valence-electron chi connectivity index (χ2n) is 3.24. The maximum atomic E-state index is 5.47. The zero-order valence-corrected chi connectivity index (χ0v) is 9.00. The summed E-state index contributed by atoms with van der Waals surface area (Å²) in [4.78, 5) is 0. The van der Waals surface area contributed by atoms with Gasteiger partial charge in [0, 0.05) is 5.56 Å². The van der Waals surface area contributed by atoms with E-state index >= 15 is 0 Å². The van der Waals surface area contributed by atoms with E-state index in [4.69, 9.17) is 4.74 Å². The molecule has 2 aromatic rings. The molecule has 0 N–H and O–H groups in total. The average molecular weight is 216 g/mol. The first-order chi connectivity index (χ1) is 7.90. The van der Waals surface area contributed by atoms with Crippen LogP contribution in [0.25, 0.3) is 11.4 Å². The second kappa shape index (κ2) is 5.16. The molecule has 0 saturated heterocycles. The van der Waals surface area contributed by atoms with Crippen LogP contribution in [0.1, 0.15) is 13.3 Å². The SMILES string of the molecule is CCCOc1ccc(-c2nncnn2)cc1. The molecule has 1 aromatic heterocycles. The van der Waals surface area contributed by atoms with Crippen LogP contribution in [0.2, 0.25) is 0 Å². The van der Waals surface area contributed by atoms with E-state index in [9.17, 15) is 0 Å². The molecule has 0 amide bonds. The quantitative estimate of drug-likeness (QED) is 0.778. The molecule has 0 saturated carbocycles. The highest BCUT2D eigenvalue weighted by molar-refractivity contribution is 5.54. The Bertz CT molecular complexity index is 429. The number of hydrogen-bond donors (Lipinski definition) is 0. The maximum absolute atomic E-state index is 5.47. The van der Waals surface area contributed by atoms with Crippen molar-refractivity contribution in [2.24, 2.45) is 0 Å². The molecule has 0 aliphatic carbocycles. The van der Waals surface area contributed by atoms with Crippen LogP contribution >= 0.6 is 0 Å². The minimum atomic E-state index is 0.518. The van der Waals surface area contributed by atoms with Crippen molar-refractivity contribution in [2.75, 3.05) is 6.61 Å². The summed E-state index contributed by atoms with van der Waals surface area (Å²) < 4.78 is 5.47. The largest absolute Gasteiger partial charge is 0.494 e. The summed E-state index contributed by atoms with van der Waals surface area (Å²) in [7, 11) is 0. The average Bonchev–Trinajstić information content (AvgIpc) is 2.38. The van der Waals surface area contributed by atoms with Gasteiger partial charge in [0.25, 0.3) is 0 Å². The summed E-state index contributed by atoms with van der Waals surface area (Å²) in [6.45, 7) is 2.80. The van der Waals surface area contributed by atoms with Crippen LogP contribution in [-0.4, -0.2) is 27.0 Å². The van der Waals surface area contributed by atoms with Gasteiger partial charge in [0.2, 0.25) is 5.82 Å². The van der Waals surface area contributed by atoms with Gasteiger partial charge in [-0.2, -0.15) is 0 Å². The van der Waals surface area contributed by atoms with Crippen molar-refractivity contribution in [1.29, 1.82) is 0 Å². The van der Waals surface area contributed by atoms with Crippen LogP contribution in [0.15, 0.2) is 30.6 Å². The van der Waals surface area contributed by atoms with Gasteiger partial charge in [-0.1, -0.05) is 6.92 Å². The molecular formula is C11H12N4O. The third kappa shape index (κ3) is 2.50. The highest BCUT2D eigenvalue weighted by Gasteiger charge is 2.01. The van der Waals surface area contributed by atoms with E-state index in [0.29, 0.717) is 5.82 Å². The number of nitrogens with zero attached hydrogens (tertiary/aromatic N) is 4. The molecule has 0 fully saturated rings. The Hall–Kier alpha value is -2.04. The van der Waals surface area contributed by atoms with E-state index in [1.807, 2.05) is 24.3 Å². The van der Waals surface area contributed by atoms with Crippen molar-refractivity contribution < 1.29 is 4.74 Å². The molecule has 0 spiro atoms. The molecule has 0 atom stereocenters. The van der Waals surface area contributed by atoms with Gasteiger partial charge in [0.15, 0.2) is 6.33 Å². The van der Waals surface area contributed by atoms with Gasteiger partial charge < -0.3 is 4.74 Å². The molecule has 0 bridgehead atoms. The van der Waals surface area contributed by atoms with Crippen LogP contribution in [0.3, 0.4) is 0 Å². The van der Waals surface area contributed by atoms with Crippen LogP contribution in [-0.2, 0) is 0 Å². The van der Waals surface area contributed by atoms with Crippen LogP contribution in [0.4, 0.5) is 0 Å². The fourth-order valence-electron chi connectivity index (χ4n) is 1.24. The summed E-state index contributed by atoms with van der Waals surface area (Å²) in [5.41, 5.74) is 0.879. The fourth-order valence-corrected chi connectivity index (χ4v) is 1.24. The van der Waals surface area contributed by atoms with Gasteiger partial charge >= 0.3 is 0 Å². The molecule has 82 valence electrons. The van der Waals surface area contributed by atoms with E-state index < -0.39 is 0 Å². The molecule has 0 unspecified atom stereocenters. The van der Waals surface area contributed by atoms with Gasteiger partial charge in [-0.3, -0.25) is 0 Å². The summed E-state index contributed by atoms with van der Waals surface area (Å²) in [5.74, 6) is 1.37. The smallest absolute Gasteiger partial charge is 0.203 e. The summed E-state index contributed by atoms with van der Waals surface area (Å²) in [5, 5.41) is 15.1. The lowest BCUT2D eigenvalue weighted by Crippen LogP contribution is -1.96. The minimum absolute atomic E-state index is 0.518. The number of rotatable bonds is 4. The summed E-state index contributed by atoms with van der Waals surface area (Å²) in [6, 6.07) is 7.57. The van der Waals surface area contributed by atoms with E-state index in [1.165, 1.54) is 6.33 Å². The van der Waals surface area contributed by atoms with Gasteiger partial charge in [0.05, 0.1) is 6.61 Å². The molecule has 5 heteroatoms. The molecule has 5 nitrogen and oxygen atoms in total. The van der Waals surface area contributed by atoms with Crippen molar-refractivity contribution in [3.63, 3.8) is 0 Å². The minimum Gasteiger partial charge on any atom is -0.494 e. The fraction of sp³-hybridized carbons (Fsp3) is 0.273. The van der Waals surface area contributed by atoms with Crippen molar-refractivity contribution in [2.45, 2.75) is 13.3 Å². The van der Waals surface area contributed by atoms with Gasteiger partial charge in [-0.25, -0.2) is 0 Å². The zero-order chi connectivity index (χ0) is 11.2. The first-order valence-corrected chi connectivity index (χ1v) is 5.13. The topological polar surface area (TPSA) is 60.8 Å². The van der Waals surface area contributed by atoms with E-state index in [2.05, 4.69) is 27.3 Å². The highest BCUT2D eigenvalue weighted by Crippen LogP contribution is 2.18. The van der Waals surface area contributed by atoms with Crippen LogP contribution in [0, 0.1) is 0 Å². The molecule has 1 aromatic carbocycles. The molecule has 0 radical (unpaired) electrons. The molecule has 16 heavy (non-hydrogen) atoms. The predicted octanol–water partition coefficient (Wildman–Crippen LogP) is 1.72. The third-order valence-corrected chi connectivity index (χ3v) is 1.99. The van der Waals surface area contributed by atoms with Gasteiger partial charge in [-0.15, -0.1) is 20.4 Å². The first-order valence-electron chi connectivity index (χ1n) is 5.13. The van der Waals surface area contributed by atoms with E-state index in [-0.39, 0.29) is 0 Å². The highest BCUT2D eigenvalue weighted by atomic mass is 16.5. The van der Waals surface area contributed by atoms with Crippen molar-refractivity contribution in [1.82, 2.24) is 20.4 Å². The number of hydrogen-bond acceptors (Lipinski definition) is 5.